The zero-order valence-electron chi connectivity index (χ0n) is 10.8. The summed E-state index contributed by atoms with van der Waals surface area (Å²) >= 11 is 9.64. The number of carbonyl (C=O) groups excluding carboxylic acids is 1. The monoisotopic (exact) mass is 336 g/mol. The molecule has 0 aliphatic rings. The van der Waals surface area contributed by atoms with Crippen molar-refractivity contribution in [2.45, 2.75) is 20.3 Å². The molecule has 98 valence electrons. The van der Waals surface area contributed by atoms with Gasteiger partial charge in [-0.05, 0) is 52.5 Å². The van der Waals surface area contributed by atoms with Crippen LogP contribution in [0, 0.1) is 13.8 Å². The second kappa shape index (κ2) is 5.89. The maximum Gasteiger partial charge on any atom is 0.168 e. The molecule has 0 aromatic heterocycles. The maximum absolute atomic E-state index is 12.3. The van der Waals surface area contributed by atoms with Crippen molar-refractivity contribution >= 4 is 33.3 Å². The molecule has 1 nitrogen and oxygen atoms in total. The SMILES string of the molecule is Cc1ccc(CC(=O)c2cccc(C)c2Br)c(Cl)c1. The maximum atomic E-state index is 12.3. The van der Waals surface area contributed by atoms with Crippen molar-refractivity contribution in [3.05, 3.63) is 68.1 Å². The third-order valence-corrected chi connectivity index (χ3v) is 4.46. The number of hydrogen-bond acceptors (Lipinski definition) is 1. The molecule has 0 unspecified atom stereocenters. The Labute approximate surface area is 126 Å². The Hall–Kier alpha value is -1.12. The van der Waals surface area contributed by atoms with Crippen LogP contribution < -0.4 is 0 Å². The van der Waals surface area contributed by atoms with Crippen molar-refractivity contribution in [1.29, 1.82) is 0 Å². The quantitative estimate of drug-likeness (QED) is 0.708. The van der Waals surface area contributed by atoms with Gasteiger partial charge in [-0.1, -0.05) is 41.9 Å². The van der Waals surface area contributed by atoms with Crippen molar-refractivity contribution in [3.63, 3.8) is 0 Å². The summed E-state index contributed by atoms with van der Waals surface area (Å²) in [6.07, 6.45) is 0.321. The number of carbonyl (C=O) groups is 1. The Morgan fingerprint density at radius 2 is 1.95 bits per heavy atom. The van der Waals surface area contributed by atoms with Gasteiger partial charge in [0, 0.05) is 21.5 Å². The number of ketones is 1. The molecule has 2 aromatic rings. The normalized spacial score (nSPS) is 10.5. The number of aryl methyl sites for hydroxylation is 2. The van der Waals surface area contributed by atoms with E-state index < -0.39 is 0 Å². The van der Waals surface area contributed by atoms with E-state index in [0.29, 0.717) is 17.0 Å². The Balaban J connectivity index is 2.28. The Morgan fingerprint density at radius 3 is 2.63 bits per heavy atom. The van der Waals surface area contributed by atoms with Crippen LogP contribution in [0.1, 0.15) is 27.0 Å². The number of hydrogen-bond donors (Lipinski definition) is 0. The van der Waals surface area contributed by atoms with E-state index in [9.17, 15) is 4.79 Å². The van der Waals surface area contributed by atoms with Crippen LogP contribution in [0.5, 0.6) is 0 Å². The predicted molar refractivity (Wildman–Crippen MR) is 83.1 cm³/mol. The number of rotatable bonds is 3. The van der Waals surface area contributed by atoms with Crippen molar-refractivity contribution in [3.8, 4) is 0 Å². The fourth-order valence-electron chi connectivity index (χ4n) is 1.93. The number of benzene rings is 2. The molecule has 0 heterocycles. The summed E-state index contributed by atoms with van der Waals surface area (Å²) in [5.74, 6) is 0.0707. The highest BCUT2D eigenvalue weighted by atomic mass is 79.9. The number of halogens is 2. The fraction of sp³-hybridized carbons (Fsp3) is 0.188. The average molecular weight is 338 g/mol. The molecule has 0 bridgehead atoms. The van der Waals surface area contributed by atoms with Gasteiger partial charge >= 0.3 is 0 Å². The lowest BCUT2D eigenvalue weighted by Gasteiger charge is -2.08. The van der Waals surface area contributed by atoms with Gasteiger partial charge in [0.25, 0.3) is 0 Å². The third-order valence-electron chi connectivity index (χ3n) is 3.05. The molecule has 2 rings (SSSR count). The average Bonchev–Trinajstić information content (AvgIpc) is 2.36. The highest BCUT2D eigenvalue weighted by Crippen LogP contribution is 2.24. The van der Waals surface area contributed by atoms with Crippen molar-refractivity contribution in [2.24, 2.45) is 0 Å². The summed E-state index contributed by atoms with van der Waals surface area (Å²) in [7, 11) is 0. The molecular weight excluding hydrogens is 324 g/mol. The number of Topliss-reactive ketones (excluding diaryl/α,β-unsaturated/α-hetero) is 1. The minimum atomic E-state index is 0.0707. The van der Waals surface area contributed by atoms with Crippen LogP contribution in [-0.4, -0.2) is 5.78 Å². The molecule has 0 saturated heterocycles. The van der Waals surface area contributed by atoms with E-state index in [1.807, 2.05) is 50.2 Å². The Kier molecular flexibility index (Phi) is 4.43. The van der Waals surface area contributed by atoms with E-state index in [-0.39, 0.29) is 5.78 Å². The lowest BCUT2D eigenvalue weighted by atomic mass is 10.0. The molecule has 0 spiro atoms. The lowest BCUT2D eigenvalue weighted by Crippen LogP contribution is -2.05. The largest absolute Gasteiger partial charge is 0.294 e. The molecule has 3 heteroatoms. The molecule has 0 aliphatic heterocycles. The minimum Gasteiger partial charge on any atom is -0.294 e. The molecular formula is C16H14BrClO. The first kappa shape index (κ1) is 14.3. The molecule has 0 N–H and O–H groups in total. The third kappa shape index (κ3) is 3.26. The molecule has 0 radical (unpaired) electrons. The molecule has 0 aliphatic carbocycles. The summed E-state index contributed by atoms with van der Waals surface area (Å²) < 4.78 is 0.864. The highest BCUT2D eigenvalue weighted by Gasteiger charge is 2.13. The van der Waals surface area contributed by atoms with E-state index >= 15 is 0 Å². The lowest BCUT2D eigenvalue weighted by molar-refractivity contribution is 0.0992. The van der Waals surface area contributed by atoms with Crippen LogP contribution in [0.3, 0.4) is 0 Å². The van der Waals surface area contributed by atoms with Crippen molar-refractivity contribution in [2.75, 3.05) is 0 Å². The highest BCUT2D eigenvalue weighted by molar-refractivity contribution is 9.10. The van der Waals surface area contributed by atoms with E-state index in [1.165, 1.54) is 0 Å². The standard InChI is InChI=1S/C16H14BrClO/c1-10-6-7-12(14(18)8-10)9-15(19)13-5-3-4-11(2)16(13)17/h3-8H,9H2,1-2H3. The molecule has 0 atom stereocenters. The molecule has 0 saturated carbocycles. The van der Waals surface area contributed by atoms with Crippen LogP contribution >= 0.6 is 27.5 Å². The zero-order valence-corrected chi connectivity index (χ0v) is 13.2. The summed E-state index contributed by atoms with van der Waals surface area (Å²) in [6, 6.07) is 11.5. The van der Waals surface area contributed by atoms with E-state index in [4.69, 9.17) is 11.6 Å². The smallest absolute Gasteiger partial charge is 0.168 e. The van der Waals surface area contributed by atoms with Crippen LogP contribution in [0.15, 0.2) is 40.9 Å². The summed E-state index contributed by atoms with van der Waals surface area (Å²) in [4.78, 5) is 12.3. The van der Waals surface area contributed by atoms with Gasteiger partial charge in [-0.2, -0.15) is 0 Å². The van der Waals surface area contributed by atoms with Crippen LogP contribution in [0.25, 0.3) is 0 Å². The van der Waals surface area contributed by atoms with Gasteiger partial charge < -0.3 is 0 Å². The second-order valence-corrected chi connectivity index (χ2v) is 5.83. The second-order valence-electron chi connectivity index (χ2n) is 4.63. The zero-order chi connectivity index (χ0) is 14.0. The van der Waals surface area contributed by atoms with Crippen LogP contribution in [0.4, 0.5) is 0 Å². The van der Waals surface area contributed by atoms with Crippen LogP contribution in [-0.2, 0) is 6.42 Å². The minimum absolute atomic E-state index is 0.0707. The van der Waals surface area contributed by atoms with Crippen LogP contribution in [0.2, 0.25) is 5.02 Å². The van der Waals surface area contributed by atoms with E-state index in [2.05, 4.69) is 15.9 Å². The first-order valence-corrected chi connectivity index (χ1v) is 7.19. The van der Waals surface area contributed by atoms with Gasteiger partial charge in [-0.25, -0.2) is 0 Å². The van der Waals surface area contributed by atoms with Gasteiger partial charge in [-0.3, -0.25) is 4.79 Å². The van der Waals surface area contributed by atoms with Gasteiger partial charge in [0.15, 0.2) is 5.78 Å². The van der Waals surface area contributed by atoms with Gasteiger partial charge in [0.1, 0.15) is 0 Å². The summed E-state index contributed by atoms with van der Waals surface area (Å²) in [5.41, 5.74) is 3.72. The summed E-state index contributed by atoms with van der Waals surface area (Å²) in [6.45, 7) is 3.95. The first-order valence-electron chi connectivity index (χ1n) is 6.02. The fourth-order valence-corrected chi connectivity index (χ4v) is 2.71. The molecule has 0 amide bonds. The summed E-state index contributed by atoms with van der Waals surface area (Å²) in [5, 5.41) is 0.650. The van der Waals surface area contributed by atoms with Gasteiger partial charge in [-0.15, -0.1) is 0 Å². The molecule has 2 aromatic carbocycles. The molecule has 19 heavy (non-hydrogen) atoms. The van der Waals surface area contributed by atoms with Gasteiger partial charge in [0.2, 0.25) is 0 Å². The van der Waals surface area contributed by atoms with E-state index in [0.717, 1.165) is 21.2 Å². The Morgan fingerprint density at radius 1 is 1.21 bits per heavy atom. The molecule has 0 fully saturated rings. The topological polar surface area (TPSA) is 17.1 Å². The van der Waals surface area contributed by atoms with Gasteiger partial charge in [0.05, 0.1) is 0 Å². The predicted octanol–water partition coefficient (Wildman–Crippen LogP) is 5.14. The Bertz CT molecular complexity index is 635. The van der Waals surface area contributed by atoms with Crippen molar-refractivity contribution in [1.82, 2.24) is 0 Å². The first-order chi connectivity index (χ1) is 8.99. The van der Waals surface area contributed by atoms with Crippen molar-refractivity contribution < 1.29 is 4.79 Å². The van der Waals surface area contributed by atoms with E-state index in [1.54, 1.807) is 0 Å².